The number of primary amides is 1. The van der Waals surface area contributed by atoms with Crippen LogP contribution in [0, 0.1) is 5.92 Å². The third kappa shape index (κ3) is 10.9. The Morgan fingerprint density at radius 1 is 1.00 bits per heavy atom. The standard InChI is InChI=1S/C38H53N9O6/c1-4-16-47(17-18-48)35(51)26-19-25-9-10-27(21-30(25)45-31(39)20-26)38(13-14-38)36(52)43-22-24-7-11-28(12-8-24)44-33(49)29(6-5-15-42-37(41)53)46-34(50)32(40)23(2)3/h7-12,19,21,23,29,32,48H,4-6,13-18,20,22,40H2,1-3H3,(H2,39,45)(H,43,52)(H,44,49)(H,46,50)(H3,41,42,53). The zero-order chi connectivity index (χ0) is 38.7. The minimum Gasteiger partial charge on any atom is -0.395 e. The number of hydrogen-bond acceptors (Lipinski definition) is 9. The van der Waals surface area contributed by atoms with Gasteiger partial charge in [0.25, 0.3) is 0 Å². The lowest BCUT2D eigenvalue weighted by atomic mass is 9.92. The lowest BCUT2D eigenvalue weighted by Crippen LogP contribution is -2.51. The van der Waals surface area contributed by atoms with Crippen molar-refractivity contribution in [2.24, 2.45) is 28.1 Å². The highest BCUT2D eigenvalue weighted by Crippen LogP contribution is 2.49. The number of rotatable bonds is 18. The average molecular weight is 732 g/mol. The van der Waals surface area contributed by atoms with Gasteiger partial charge in [-0.1, -0.05) is 45.0 Å². The number of nitrogens with one attached hydrogen (secondary N) is 4. The number of carbonyl (C=O) groups is 5. The Bertz CT molecular complexity index is 1710. The smallest absolute Gasteiger partial charge is 0.312 e. The summed E-state index contributed by atoms with van der Waals surface area (Å²) in [5.41, 5.74) is 20.6. The molecule has 2 atom stereocenters. The first-order valence-electron chi connectivity index (χ1n) is 18.1. The summed E-state index contributed by atoms with van der Waals surface area (Å²) in [4.78, 5) is 69.9. The number of anilines is 1. The number of fused-ring (bicyclic) bond motifs is 1. The molecule has 0 bridgehead atoms. The number of nitrogens with zero attached hydrogens (tertiary/aromatic N) is 2. The van der Waals surface area contributed by atoms with Crippen LogP contribution < -0.4 is 38.5 Å². The van der Waals surface area contributed by atoms with Crippen LogP contribution in [0.1, 0.15) is 76.0 Å². The topological polar surface area (TPSA) is 247 Å². The van der Waals surface area contributed by atoms with Crippen molar-refractivity contribution < 1.29 is 29.1 Å². The van der Waals surface area contributed by atoms with Gasteiger partial charge in [-0.15, -0.1) is 0 Å². The predicted octanol–water partition coefficient (Wildman–Crippen LogP) is 1.90. The monoisotopic (exact) mass is 731 g/mol. The minimum atomic E-state index is -0.889. The quantitative estimate of drug-likeness (QED) is 0.105. The number of hydrogen-bond donors (Lipinski definition) is 8. The zero-order valence-electron chi connectivity index (χ0n) is 30.7. The van der Waals surface area contributed by atoms with Gasteiger partial charge < -0.3 is 48.5 Å². The molecule has 15 nitrogen and oxygen atoms in total. The van der Waals surface area contributed by atoms with E-state index in [1.54, 1.807) is 35.2 Å². The van der Waals surface area contributed by atoms with E-state index in [2.05, 4.69) is 26.3 Å². The second kappa shape index (κ2) is 18.5. The van der Waals surface area contributed by atoms with E-state index in [0.717, 1.165) is 23.1 Å². The first-order valence-corrected chi connectivity index (χ1v) is 18.1. The van der Waals surface area contributed by atoms with E-state index in [-0.39, 0.29) is 56.8 Å². The maximum atomic E-state index is 13.6. The molecule has 1 aliphatic carbocycles. The number of amidine groups is 1. The molecule has 2 aromatic rings. The normalized spacial score (nSPS) is 15.4. The SMILES string of the molecule is CCCN(CCO)C(=O)C1=Cc2ccc(C3(C(=O)NCc4ccc(NC(=O)C(CCCNC(N)=O)NC(=O)C(N)C(C)C)cc4)CC3)cc2N=C(N)C1. The Labute approximate surface area is 310 Å². The van der Waals surface area contributed by atoms with Gasteiger partial charge in [-0.05, 0) is 73.4 Å². The molecule has 0 saturated heterocycles. The van der Waals surface area contributed by atoms with E-state index in [1.165, 1.54) is 0 Å². The summed E-state index contributed by atoms with van der Waals surface area (Å²) in [6.45, 7) is 6.73. The fourth-order valence-electron chi connectivity index (χ4n) is 6.15. The van der Waals surface area contributed by atoms with Gasteiger partial charge >= 0.3 is 6.03 Å². The van der Waals surface area contributed by atoms with Gasteiger partial charge in [0.2, 0.25) is 23.6 Å². The summed E-state index contributed by atoms with van der Waals surface area (Å²) >= 11 is 0. The molecule has 4 rings (SSSR count). The molecule has 1 aliphatic heterocycles. The number of carbonyl (C=O) groups excluding carboxylic acids is 5. The predicted molar refractivity (Wildman–Crippen MR) is 204 cm³/mol. The Morgan fingerprint density at radius 3 is 2.34 bits per heavy atom. The number of amides is 6. The van der Waals surface area contributed by atoms with Crippen LogP contribution in [-0.2, 0) is 31.1 Å². The van der Waals surface area contributed by atoms with Crippen LogP contribution in [0.2, 0.25) is 0 Å². The number of nitrogens with two attached hydrogens (primary N) is 3. The van der Waals surface area contributed by atoms with Gasteiger partial charge in [0.05, 0.1) is 23.8 Å². The van der Waals surface area contributed by atoms with Gasteiger partial charge in [-0.2, -0.15) is 0 Å². The minimum absolute atomic E-state index is 0.116. The zero-order valence-corrected chi connectivity index (χ0v) is 30.7. The fourth-order valence-corrected chi connectivity index (χ4v) is 6.15. The van der Waals surface area contributed by atoms with Gasteiger partial charge in [0, 0.05) is 49.4 Å². The first-order chi connectivity index (χ1) is 25.3. The van der Waals surface area contributed by atoms with E-state index in [9.17, 15) is 29.1 Å². The Morgan fingerprint density at radius 2 is 1.72 bits per heavy atom. The van der Waals surface area contributed by atoms with Crippen molar-refractivity contribution in [2.45, 2.75) is 83.3 Å². The second-order valence-corrected chi connectivity index (χ2v) is 14.0. The Balaban J connectivity index is 1.38. The largest absolute Gasteiger partial charge is 0.395 e. The van der Waals surface area contributed by atoms with Crippen molar-refractivity contribution >= 4 is 52.9 Å². The lowest BCUT2D eigenvalue weighted by Gasteiger charge is -2.22. The number of urea groups is 1. The van der Waals surface area contributed by atoms with Crippen molar-refractivity contribution in [1.82, 2.24) is 20.9 Å². The molecule has 2 unspecified atom stereocenters. The molecule has 1 fully saturated rings. The van der Waals surface area contributed by atoms with Crippen LogP contribution in [0.3, 0.4) is 0 Å². The molecule has 0 spiro atoms. The molecule has 2 aromatic carbocycles. The van der Waals surface area contributed by atoms with Gasteiger partial charge in [-0.25, -0.2) is 9.79 Å². The third-order valence-corrected chi connectivity index (χ3v) is 9.46. The molecule has 2 aliphatic rings. The van der Waals surface area contributed by atoms with Gasteiger partial charge in [0.15, 0.2) is 0 Å². The Kier molecular flexibility index (Phi) is 14.1. The molecule has 1 saturated carbocycles. The number of benzene rings is 2. The molecular weight excluding hydrogens is 678 g/mol. The second-order valence-electron chi connectivity index (χ2n) is 14.0. The molecule has 53 heavy (non-hydrogen) atoms. The summed E-state index contributed by atoms with van der Waals surface area (Å²) in [5, 5.41) is 20.5. The summed E-state index contributed by atoms with van der Waals surface area (Å²) in [6, 6.07) is 10.3. The van der Waals surface area contributed by atoms with E-state index in [1.807, 2.05) is 39.0 Å². The summed E-state index contributed by atoms with van der Waals surface area (Å²) < 4.78 is 0. The Hall–Kier alpha value is -5.28. The molecule has 6 amide bonds. The molecular formula is C38H53N9O6. The van der Waals surface area contributed by atoms with Crippen LogP contribution >= 0.6 is 0 Å². The van der Waals surface area contributed by atoms with Gasteiger partial charge in [0.1, 0.15) is 11.9 Å². The van der Waals surface area contributed by atoms with Crippen LogP contribution in [-0.4, -0.2) is 83.8 Å². The fraction of sp³-hybridized carbons (Fsp3) is 0.474. The van der Waals surface area contributed by atoms with Gasteiger partial charge in [-0.3, -0.25) is 19.2 Å². The van der Waals surface area contributed by atoms with E-state index >= 15 is 0 Å². The first kappa shape index (κ1) is 40.5. The molecule has 11 N–H and O–H groups in total. The highest BCUT2D eigenvalue weighted by molar-refractivity contribution is 6.05. The third-order valence-electron chi connectivity index (χ3n) is 9.46. The number of aliphatic hydroxyl groups excluding tert-OH is 1. The summed E-state index contributed by atoms with van der Waals surface area (Å²) in [6.07, 6.45) is 4.73. The van der Waals surface area contributed by atoms with E-state index < -0.39 is 35.3 Å². The van der Waals surface area contributed by atoms with Crippen molar-refractivity contribution in [3.8, 4) is 0 Å². The molecule has 0 aromatic heterocycles. The maximum absolute atomic E-state index is 13.6. The number of aliphatic hydroxyl groups is 1. The van der Waals surface area contributed by atoms with Crippen molar-refractivity contribution in [1.29, 1.82) is 0 Å². The number of aliphatic imine (C=N–C) groups is 1. The van der Waals surface area contributed by atoms with E-state index in [0.29, 0.717) is 48.6 Å². The van der Waals surface area contributed by atoms with Crippen molar-refractivity contribution in [3.05, 3.63) is 64.7 Å². The molecule has 0 radical (unpaired) electrons. The molecule has 1 heterocycles. The average Bonchev–Trinajstić information content (AvgIpc) is 3.95. The van der Waals surface area contributed by atoms with Crippen LogP contribution in [0.25, 0.3) is 6.08 Å². The van der Waals surface area contributed by atoms with E-state index in [4.69, 9.17) is 17.2 Å². The molecule has 15 heteroatoms. The summed E-state index contributed by atoms with van der Waals surface area (Å²) in [7, 11) is 0. The summed E-state index contributed by atoms with van der Waals surface area (Å²) in [5.74, 6) is -1.01. The highest BCUT2D eigenvalue weighted by Gasteiger charge is 2.51. The van der Waals surface area contributed by atoms with Crippen LogP contribution in [0.15, 0.2) is 53.0 Å². The van der Waals surface area contributed by atoms with Crippen LogP contribution in [0.4, 0.5) is 16.2 Å². The highest BCUT2D eigenvalue weighted by atomic mass is 16.3. The maximum Gasteiger partial charge on any atom is 0.312 e. The van der Waals surface area contributed by atoms with Crippen LogP contribution in [0.5, 0.6) is 0 Å². The lowest BCUT2D eigenvalue weighted by molar-refractivity contribution is -0.128. The van der Waals surface area contributed by atoms with Crippen molar-refractivity contribution in [3.63, 3.8) is 0 Å². The van der Waals surface area contributed by atoms with Crippen molar-refractivity contribution in [2.75, 3.05) is 31.6 Å². The molecule has 286 valence electrons.